The molecule has 0 unspecified atom stereocenters. The van der Waals surface area contributed by atoms with Crippen molar-refractivity contribution in [3.63, 3.8) is 0 Å². The number of nitrogens with zero attached hydrogens (tertiary/aromatic N) is 2. The molecule has 2 aliphatic heterocycles. The van der Waals surface area contributed by atoms with Gasteiger partial charge in [-0.25, -0.2) is 0 Å². The normalized spacial score (nSPS) is 19.2. The van der Waals surface area contributed by atoms with E-state index < -0.39 is 6.04 Å². The predicted octanol–water partition coefficient (Wildman–Crippen LogP) is 2.77. The molecule has 1 fully saturated rings. The highest BCUT2D eigenvalue weighted by molar-refractivity contribution is 5.99. The van der Waals surface area contributed by atoms with Crippen molar-refractivity contribution in [2.24, 2.45) is 0 Å². The van der Waals surface area contributed by atoms with Crippen LogP contribution < -0.4 is 5.43 Å². The van der Waals surface area contributed by atoms with Crippen LogP contribution in [0, 0.1) is 0 Å². The summed E-state index contributed by atoms with van der Waals surface area (Å²) in [6, 6.07) is 13.1. The Morgan fingerprint density at radius 2 is 1.81 bits per heavy atom. The summed E-state index contributed by atoms with van der Waals surface area (Å²) in [6.07, 6.45) is 0.767. The molecule has 0 spiro atoms. The van der Waals surface area contributed by atoms with Crippen molar-refractivity contribution >= 4 is 16.9 Å². The molecule has 1 atom stereocenters. The average molecular weight is 420 g/mol. The van der Waals surface area contributed by atoms with Crippen LogP contribution in [0.25, 0.3) is 11.0 Å². The van der Waals surface area contributed by atoms with Crippen LogP contribution in [0.15, 0.2) is 57.7 Å². The molecule has 0 radical (unpaired) electrons. The number of aromatic hydroxyl groups is 1. The molecule has 3 aromatic rings. The first kappa shape index (κ1) is 19.8. The lowest BCUT2D eigenvalue weighted by Crippen LogP contribution is -2.38. The van der Waals surface area contributed by atoms with Crippen LogP contribution in [-0.4, -0.2) is 60.2 Å². The van der Waals surface area contributed by atoms with Gasteiger partial charge < -0.3 is 19.2 Å². The van der Waals surface area contributed by atoms with Crippen LogP contribution in [0.5, 0.6) is 5.75 Å². The number of rotatable bonds is 5. The largest absolute Gasteiger partial charge is 0.508 e. The number of fused-ring (bicyclic) bond motifs is 2. The molecule has 0 saturated carbocycles. The Bertz CT molecular complexity index is 1180. The minimum absolute atomic E-state index is 0.0943. The summed E-state index contributed by atoms with van der Waals surface area (Å²) in [4.78, 5) is 30.7. The third kappa shape index (κ3) is 3.60. The van der Waals surface area contributed by atoms with Crippen LogP contribution in [0.2, 0.25) is 0 Å². The lowest BCUT2D eigenvalue weighted by atomic mass is 9.98. The number of phenolic OH excluding ortho intramolecular Hbond substituents is 1. The van der Waals surface area contributed by atoms with Crippen LogP contribution >= 0.6 is 0 Å². The molecule has 2 aliphatic rings. The van der Waals surface area contributed by atoms with E-state index in [0.717, 1.165) is 39.3 Å². The molecule has 0 bridgehead atoms. The number of hydrogen-bond donors (Lipinski definition) is 1. The molecule has 5 rings (SSSR count). The fourth-order valence-electron chi connectivity index (χ4n) is 4.53. The summed E-state index contributed by atoms with van der Waals surface area (Å²) in [5.41, 5.74) is 1.25. The van der Waals surface area contributed by atoms with Gasteiger partial charge in [0.15, 0.2) is 5.43 Å². The molecule has 7 nitrogen and oxygen atoms in total. The lowest BCUT2D eigenvalue weighted by Gasteiger charge is -2.29. The number of amides is 1. The zero-order valence-electron chi connectivity index (χ0n) is 17.1. The van der Waals surface area contributed by atoms with Gasteiger partial charge in [-0.1, -0.05) is 24.3 Å². The maximum Gasteiger partial charge on any atom is 0.290 e. The number of hydrogen-bond acceptors (Lipinski definition) is 6. The second-order valence-corrected chi connectivity index (χ2v) is 7.97. The average Bonchev–Trinajstić information content (AvgIpc) is 3.07. The Morgan fingerprint density at radius 1 is 1.00 bits per heavy atom. The molecule has 3 heterocycles. The standard InChI is InChI=1S/C24H24N2O5/c27-17-6-3-5-16(15-17)21-20-22(28)18-7-1-2-8-19(18)31-23(20)24(29)26(21)10-4-9-25-11-13-30-14-12-25/h1-3,5-8,15,21,27H,4,9-14H2/t21-/m1/s1. The zero-order valence-corrected chi connectivity index (χ0v) is 17.1. The van der Waals surface area contributed by atoms with Gasteiger partial charge >= 0.3 is 0 Å². The van der Waals surface area contributed by atoms with Gasteiger partial charge in [-0.2, -0.15) is 0 Å². The number of para-hydroxylation sites is 1. The highest BCUT2D eigenvalue weighted by Gasteiger charge is 2.42. The van der Waals surface area contributed by atoms with Crippen molar-refractivity contribution in [3.8, 4) is 5.75 Å². The Balaban J connectivity index is 1.53. The topological polar surface area (TPSA) is 83.2 Å². The molecule has 1 amide bonds. The van der Waals surface area contributed by atoms with Gasteiger partial charge in [-0.05, 0) is 36.2 Å². The van der Waals surface area contributed by atoms with Crippen molar-refractivity contribution in [2.45, 2.75) is 12.5 Å². The van der Waals surface area contributed by atoms with Crippen molar-refractivity contribution in [3.05, 3.63) is 75.6 Å². The van der Waals surface area contributed by atoms with E-state index >= 15 is 0 Å². The third-order valence-corrected chi connectivity index (χ3v) is 6.04. The van der Waals surface area contributed by atoms with Crippen molar-refractivity contribution < 1.29 is 19.1 Å². The maximum absolute atomic E-state index is 13.4. The van der Waals surface area contributed by atoms with Crippen LogP contribution in [0.3, 0.4) is 0 Å². The summed E-state index contributed by atoms with van der Waals surface area (Å²) in [7, 11) is 0. The number of carbonyl (C=O) groups is 1. The summed E-state index contributed by atoms with van der Waals surface area (Å²) < 4.78 is 11.3. The number of carbonyl (C=O) groups excluding carboxylic acids is 1. The summed E-state index contributed by atoms with van der Waals surface area (Å²) in [5, 5.41) is 10.5. The van der Waals surface area contributed by atoms with Gasteiger partial charge in [-0.3, -0.25) is 14.5 Å². The van der Waals surface area contributed by atoms with Crippen molar-refractivity contribution in [1.29, 1.82) is 0 Å². The van der Waals surface area contributed by atoms with Crippen molar-refractivity contribution in [1.82, 2.24) is 9.80 Å². The molecular formula is C24H24N2O5. The van der Waals surface area contributed by atoms with Gasteiger partial charge in [0.2, 0.25) is 5.76 Å². The quantitative estimate of drug-likeness (QED) is 0.684. The molecule has 2 aromatic carbocycles. The predicted molar refractivity (Wildman–Crippen MR) is 115 cm³/mol. The Labute approximate surface area is 179 Å². The smallest absolute Gasteiger partial charge is 0.290 e. The van der Waals surface area contributed by atoms with E-state index in [2.05, 4.69) is 4.90 Å². The van der Waals surface area contributed by atoms with E-state index in [0.29, 0.717) is 28.6 Å². The van der Waals surface area contributed by atoms with Crippen LogP contribution in [0.4, 0.5) is 0 Å². The van der Waals surface area contributed by atoms with Gasteiger partial charge in [-0.15, -0.1) is 0 Å². The minimum atomic E-state index is -0.583. The lowest BCUT2D eigenvalue weighted by molar-refractivity contribution is 0.0353. The molecule has 1 aromatic heterocycles. The fourth-order valence-corrected chi connectivity index (χ4v) is 4.53. The Kier molecular flexibility index (Phi) is 5.21. The fraction of sp³-hybridized carbons (Fsp3) is 0.333. The molecule has 31 heavy (non-hydrogen) atoms. The second-order valence-electron chi connectivity index (χ2n) is 7.97. The summed E-state index contributed by atoms with van der Waals surface area (Å²) in [5.74, 6) is -0.0894. The molecule has 160 valence electrons. The zero-order chi connectivity index (χ0) is 21.4. The van der Waals surface area contributed by atoms with E-state index in [1.807, 2.05) is 6.07 Å². The Morgan fingerprint density at radius 3 is 2.61 bits per heavy atom. The number of benzene rings is 2. The van der Waals surface area contributed by atoms with E-state index in [-0.39, 0.29) is 22.8 Å². The van der Waals surface area contributed by atoms with Gasteiger partial charge in [0.25, 0.3) is 5.91 Å². The second kappa shape index (κ2) is 8.17. The summed E-state index contributed by atoms with van der Waals surface area (Å²) >= 11 is 0. The van der Waals surface area contributed by atoms with Gasteiger partial charge in [0.1, 0.15) is 11.3 Å². The van der Waals surface area contributed by atoms with E-state index in [4.69, 9.17) is 9.15 Å². The maximum atomic E-state index is 13.4. The monoisotopic (exact) mass is 420 g/mol. The highest BCUT2D eigenvalue weighted by atomic mass is 16.5. The SMILES string of the molecule is O=C1c2oc3ccccc3c(=O)c2[C@@H](c2cccc(O)c2)N1CCCN1CCOCC1. The molecule has 1 N–H and O–H groups in total. The third-order valence-electron chi connectivity index (χ3n) is 6.04. The van der Waals surface area contributed by atoms with Gasteiger partial charge in [0, 0.05) is 26.2 Å². The minimum Gasteiger partial charge on any atom is -0.508 e. The van der Waals surface area contributed by atoms with Crippen molar-refractivity contribution in [2.75, 3.05) is 39.4 Å². The highest BCUT2D eigenvalue weighted by Crippen LogP contribution is 2.38. The van der Waals surface area contributed by atoms with Crippen LogP contribution in [-0.2, 0) is 4.74 Å². The Hall–Kier alpha value is -3.16. The first-order chi connectivity index (χ1) is 15.1. The first-order valence-corrected chi connectivity index (χ1v) is 10.6. The van der Waals surface area contributed by atoms with E-state index in [1.165, 1.54) is 0 Å². The summed E-state index contributed by atoms with van der Waals surface area (Å²) in [6.45, 7) is 4.55. The number of morpholine rings is 1. The van der Waals surface area contributed by atoms with Crippen LogP contribution in [0.1, 0.15) is 34.1 Å². The van der Waals surface area contributed by atoms with E-state index in [1.54, 1.807) is 47.4 Å². The molecule has 1 saturated heterocycles. The molecule has 0 aliphatic carbocycles. The molecular weight excluding hydrogens is 396 g/mol. The first-order valence-electron chi connectivity index (χ1n) is 10.6. The number of ether oxygens (including phenoxy) is 1. The van der Waals surface area contributed by atoms with E-state index in [9.17, 15) is 14.7 Å². The number of phenols is 1. The van der Waals surface area contributed by atoms with Gasteiger partial charge in [0.05, 0.1) is 30.2 Å². The molecule has 7 heteroatoms.